The van der Waals surface area contributed by atoms with Gasteiger partial charge in [-0.3, -0.25) is 4.99 Å². The topological polar surface area (TPSA) is 46.1 Å². The second-order valence-corrected chi connectivity index (χ2v) is 5.50. The second kappa shape index (κ2) is 14.3. The molecule has 0 unspecified atom stereocenters. The molecule has 0 bridgehead atoms. The zero-order valence-corrected chi connectivity index (χ0v) is 17.7. The number of rotatable bonds is 10. The molecule has 0 saturated heterocycles. The van der Waals surface area contributed by atoms with E-state index >= 15 is 0 Å². The number of methoxy groups -OCH3 is 1. The Morgan fingerprint density at radius 1 is 1.17 bits per heavy atom. The smallest absolute Gasteiger partial charge is 0.193 e. The number of guanidine groups is 1. The number of benzene rings is 1. The molecule has 0 aliphatic rings. The fourth-order valence-electron chi connectivity index (χ4n) is 2.19. The predicted molar refractivity (Wildman–Crippen MR) is 112 cm³/mol. The molecule has 0 aliphatic carbocycles. The molecule has 0 spiro atoms. The number of halogens is 1. The van der Waals surface area contributed by atoms with Crippen LogP contribution in [0.15, 0.2) is 29.3 Å². The third kappa shape index (κ3) is 9.32. The maximum atomic E-state index is 5.56. The van der Waals surface area contributed by atoms with Crippen LogP contribution < -0.4 is 10.1 Å². The van der Waals surface area contributed by atoms with Gasteiger partial charge in [-0.25, -0.2) is 0 Å². The number of unbranched alkanes of at least 4 members (excludes halogenated alkanes) is 1. The molecule has 0 saturated carbocycles. The quantitative estimate of drug-likeness (QED) is 0.257. The standard InChI is InChI=1S/C18H31N3O2.HI/c1-5-6-13-23-14-7-12-20-18(19-2)21(3)15-16-8-10-17(22-4)11-9-16;/h8-11H,5-7,12-15H2,1-4H3,(H,19,20);1H. The second-order valence-electron chi connectivity index (χ2n) is 5.50. The SMILES string of the molecule is CCCCOCCCNC(=NC)N(C)Cc1ccc(OC)cc1.I. The molecule has 0 aromatic heterocycles. The van der Waals surface area contributed by atoms with E-state index < -0.39 is 0 Å². The molecule has 6 heteroatoms. The molecule has 0 fully saturated rings. The Kier molecular flexibility index (Phi) is 13.7. The highest BCUT2D eigenvalue weighted by Gasteiger charge is 2.06. The minimum Gasteiger partial charge on any atom is -0.497 e. The predicted octanol–water partition coefficient (Wildman–Crippen LogP) is 3.53. The summed E-state index contributed by atoms with van der Waals surface area (Å²) < 4.78 is 10.7. The van der Waals surface area contributed by atoms with Gasteiger partial charge in [-0.15, -0.1) is 24.0 Å². The van der Waals surface area contributed by atoms with Crippen molar-refractivity contribution in [3.8, 4) is 5.75 Å². The number of nitrogens with zero attached hydrogens (tertiary/aromatic N) is 2. The Balaban J connectivity index is 0.00000529. The highest BCUT2D eigenvalue weighted by molar-refractivity contribution is 14.0. The van der Waals surface area contributed by atoms with Crippen LogP contribution in [0.5, 0.6) is 5.75 Å². The maximum Gasteiger partial charge on any atom is 0.193 e. The third-order valence-electron chi connectivity index (χ3n) is 3.54. The summed E-state index contributed by atoms with van der Waals surface area (Å²) in [5.74, 6) is 1.77. The summed E-state index contributed by atoms with van der Waals surface area (Å²) in [6.07, 6.45) is 3.31. The highest BCUT2D eigenvalue weighted by Crippen LogP contribution is 2.12. The van der Waals surface area contributed by atoms with Gasteiger partial charge in [0.15, 0.2) is 5.96 Å². The summed E-state index contributed by atoms with van der Waals surface area (Å²) in [5.41, 5.74) is 1.22. The van der Waals surface area contributed by atoms with E-state index in [9.17, 15) is 0 Å². The molecular weight excluding hydrogens is 417 g/mol. The molecule has 24 heavy (non-hydrogen) atoms. The van der Waals surface area contributed by atoms with Crippen LogP contribution in [0, 0.1) is 0 Å². The number of hydrogen-bond donors (Lipinski definition) is 1. The van der Waals surface area contributed by atoms with Crippen molar-refractivity contribution in [3.63, 3.8) is 0 Å². The van der Waals surface area contributed by atoms with E-state index in [0.29, 0.717) is 0 Å². The lowest BCUT2D eigenvalue weighted by Crippen LogP contribution is -2.39. The van der Waals surface area contributed by atoms with Crippen molar-refractivity contribution in [1.82, 2.24) is 10.2 Å². The number of ether oxygens (including phenoxy) is 2. The lowest BCUT2D eigenvalue weighted by Gasteiger charge is -2.22. The molecular formula is C18H32IN3O2. The third-order valence-corrected chi connectivity index (χ3v) is 3.54. The fraction of sp³-hybridized carbons (Fsp3) is 0.611. The average molecular weight is 449 g/mol. The molecule has 1 aromatic carbocycles. The van der Waals surface area contributed by atoms with Crippen molar-refractivity contribution in [1.29, 1.82) is 0 Å². The van der Waals surface area contributed by atoms with Gasteiger partial charge in [-0.1, -0.05) is 25.5 Å². The van der Waals surface area contributed by atoms with E-state index in [2.05, 4.69) is 34.3 Å². The van der Waals surface area contributed by atoms with E-state index in [0.717, 1.165) is 50.9 Å². The van der Waals surface area contributed by atoms with Gasteiger partial charge in [0, 0.05) is 40.4 Å². The van der Waals surface area contributed by atoms with Crippen LogP contribution in [-0.4, -0.2) is 51.8 Å². The first-order valence-corrected chi connectivity index (χ1v) is 8.33. The zero-order valence-electron chi connectivity index (χ0n) is 15.4. The first-order valence-electron chi connectivity index (χ1n) is 8.33. The largest absolute Gasteiger partial charge is 0.497 e. The van der Waals surface area contributed by atoms with Gasteiger partial charge < -0.3 is 19.7 Å². The molecule has 0 aliphatic heterocycles. The van der Waals surface area contributed by atoms with Crippen LogP contribution >= 0.6 is 24.0 Å². The fourth-order valence-corrected chi connectivity index (χ4v) is 2.19. The van der Waals surface area contributed by atoms with Crippen molar-refractivity contribution < 1.29 is 9.47 Å². The van der Waals surface area contributed by atoms with Gasteiger partial charge in [0.25, 0.3) is 0 Å². The molecule has 0 atom stereocenters. The first kappa shape index (κ1) is 23.0. The minimum absolute atomic E-state index is 0. The number of aliphatic imine (C=N–C) groups is 1. The maximum absolute atomic E-state index is 5.56. The molecule has 1 N–H and O–H groups in total. The first-order chi connectivity index (χ1) is 11.2. The van der Waals surface area contributed by atoms with Crippen molar-refractivity contribution in [2.24, 2.45) is 4.99 Å². The summed E-state index contributed by atoms with van der Waals surface area (Å²) in [6.45, 7) is 5.50. The van der Waals surface area contributed by atoms with Gasteiger partial charge in [0.05, 0.1) is 7.11 Å². The number of nitrogens with one attached hydrogen (secondary N) is 1. The molecule has 0 amide bonds. The van der Waals surface area contributed by atoms with Crippen molar-refractivity contribution in [3.05, 3.63) is 29.8 Å². The normalized spacial score (nSPS) is 10.9. The zero-order chi connectivity index (χ0) is 16.9. The van der Waals surface area contributed by atoms with Crippen molar-refractivity contribution in [2.45, 2.75) is 32.7 Å². The summed E-state index contributed by atoms with van der Waals surface area (Å²) in [4.78, 5) is 6.44. The van der Waals surface area contributed by atoms with E-state index in [1.54, 1.807) is 7.11 Å². The van der Waals surface area contributed by atoms with Gasteiger partial charge in [-0.05, 0) is 30.5 Å². The Morgan fingerprint density at radius 3 is 2.42 bits per heavy atom. The lowest BCUT2D eigenvalue weighted by atomic mass is 10.2. The minimum atomic E-state index is 0. The van der Waals surface area contributed by atoms with Crippen LogP contribution in [0.25, 0.3) is 0 Å². The van der Waals surface area contributed by atoms with E-state index in [-0.39, 0.29) is 24.0 Å². The molecule has 0 radical (unpaired) electrons. The Hall–Kier alpha value is -1.02. The van der Waals surface area contributed by atoms with Gasteiger partial charge in [0.2, 0.25) is 0 Å². The molecule has 1 aromatic rings. The average Bonchev–Trinajstić information content (AvgIpc) is 2.58. The summed E-state index contributed by atoms with van der Waals surface area (Å²) in [7, 11) is 5.53. The highest BCUT2D eigenvalue weighted by atomic mass is 127. The van der Waals surface area contributed by atoms with E-state index in [1.165, 1.54) is 12.0 Å². The molecule has 5 nitrogen and oxygen atoms in total. The molecule has 138 valence electrons. The van der Waals surface area contributed by atoms with Gasteiger partial charge in [-0.2, -0.15) is 0 Å². The Morgan fingerprint density at radius 2 is 1.83 bits per heavy atom. The number of hydrogen-bond acceptors (Lipinski definition) is 3. The molecule has 1 rings (SSSR count). The van der Waals surface area contributed by atoms with E-state index in [4.69, 9.17) is 9.47 Å². The Labute approximate surface area is 163 Å². The van der Waals surface area contributed by atoms with Crippen LogP contribution in [-0.2, 0) is 11.3 Å². The van der Waals surface area contributed by atoms with Crippen LogP contribution in [0.4, 0.5) is 0 Å². The summed E-state index contributed by atoms with van der Waals surface area (Å²) in [6, 6.07) is 8.11. The van der Waals surface area contributed by atoms with Gasteiger partial charge >= 0.3 is 0 Å². The van der Waals surface area contributed by atoms with Crippen LogP contribution in [0.2, 0.25) is 0 Å². The Bertz CT molecular complexity index is 452. The van der Waals surface area contributed by atoms with Crippen molar-refractivity contribution in [2.75, 3.05) is 41.0 Å². The van der Waals surface area contributed by atoms with Crippen molar-refractivity contribution >= 4 is 29.9 Å². The lowest BCUT2D eigenvalue weighted by molar-refractivity contribution is 0.129. The summed E-state index contributed by atoms with van der Waals surface area (Å²) in [5, 5.41) is 3.37. The monoisotopic (exact) mass is 449 g/mol. The molecule has 0 heterocycles. The van der Waals surface area contributed by atoms with Crippen LogP contribution in [0.1, 0.15) is 31.7 Å². The van der Waals surface area contributed by atoms with Crippen LogP contribution in [0.3, 0.4) is 0 Å². The van der Waals surface area contributed by atoms with E-state index in [1.807, 2.05) is 26.2 Å². The van der Waals surface area contributed by atoms with Gasteiger partial charge in [0.1, 0.15) is 5.75 Å². The summed E-state index contributed by atoms with van der Waals surface area (Å²) >= 11 is 0.